The summed E-state index contributed by atoms with van der Waals surface area (Å²) in [5.74, 6) is -0.605. The number of hydrogen-bond acceptors (Lipinski definition) is 0. The van der Waals surface area contributed by atoms with Gasteiger partial charge in [-0.3, -0.25) is 0 Å². The van der Waals surface area contributed by atoms with Crippen LogP contribution in [0.25, 0.3) is 0 Å². The first kappa shape index (κ1) is 13.0. The molecule has 0 aliphatic heterocycles. The van der Waals surface area contributed by atoms with Crippen LogP contribution in [0.1, 0.15) is 22.1 Å². The predicted octanol–water partition coefficient (Wildman–Crippen LogP) is 4.80. The third-order valence-electron chi connectivity index (χ3n) is 2.94. The molecular weight excluding hydrogens is 254 g/mol. The summed E-state index contributed by atoms with van der Waals surface area (Å²) in [6, 6.07) is 11.0. The largest absolute Gasteiger partial charge is 0.207 e. The van der Waals surface area contributed by atoms with Crippen molar-refractivity contribution >= 4 is 11.6 Å². The number of aryl methyl sites for hydroxylation is 1. The molecule has 1 atom stereocenters. The maximum absolute atomic E-state index is 13.5. The fourth-order valence-corrected chi connectivity index (χ4v) is 2.32. The van der Waals surface area contributed by atoms with Crippen molar-refractivity contribution < 1.29 is 8.78 Å². The molecule has 94 valence electrons. The van der Waals surface area contributed by atoms with E-state index in [2.05, 4.69) is 0 Å². The number of rotatable bonds is 3. The summed E-state index contributed by atoms with van der Waals surface area (Å²) in [5, 5.41) is -0.433. The molecule has 3 heteroatoms. The van der Waals surface area contributed by atoms with Crippen LogP contribution in [0.2, 0.25) is 0 Å². The van der Waals surface area contributed by atoms with Crippen molar-refractivity contribution in [2.24, 2.45) is 0 Å². The molecule has 0 aromatic heterocycles. The van der Waals surface area contributed by atoms with E-state index in [1.54, 1.807) is 24.3 Å². The first-order chi connectivity index (χ1) is 8.58. The number of benzene rings is 2. The van der Waals surface area contributed by atoms with Gasteiger partial charge in [0.1, 0.15) is 11.6 Å². The maximum Gasteiger partial charge on any atom is 0.126 e. The Balaban J connectivity index is 2.25. The molecule has 0 N–H and O–H groups in total. The van der Waals surface area contributed by atoms with Crippen LogP contribution in [-0.2, 0) is 6.42 Å². The summed E-state index contributed by atoms with van der Waals surface area (Å²) in [7, 11) is 0. The molecule has 0 heterocycles. The van der Waals surface area contributed by atoms with Gasteiger partial charge in [-0.15, -0.1) is 11.6 Å². The normalized spacial score (nSPS) is 12.4. The van der Waals surface area contributed by atoms with Gasteiger partial charge in [0.2, 0.25) is 0 Å². The van der Waals surface area contributed by atoms with Crippen molar-refractivity contribution in [2.75, 3.05) is 0 Å². The van der Waals surface area contributed by atoms with E-state index in [0.29, 0.717) is 17.5 Å². The molecule has 0 nitrogen and oxygen atoms in total. The second-order valence-electron chi connectivity index (χ2n) is 4.26. The fraction of sp³-hybridized carbons (Fsp3) is 0.200. The van der Waals surface area contributed by atoms with E-state index in [0.717, 1.165) is 5.56 Å². The summed E-state index contributed by atoms with van der Waals surface area (Å²) >= 11 is 6.26. The SMILES string of the molecule is Cc1ccc(F)cc1C(Cl)Cc1ccccc1F. The van der Waals surface area contributed by atoms with Gasteiger partial charge < -0.3 is 0 Å². The fourth-order valence-electron chi connectivity index (χ4n) is 1.92. The minimum Gasteiger partial charge on any atom is -0.207 e. The molecule has 2 rings (SSSR count). The standard InChI is InChI=1S/C15H13ClF2/c1-10-6-7-12(17)9-13(10)14(16)8-11-4-2-3-5-15(11)18/h2-7,9,14H,8H2,1H3. The zero-order valence-electron chi connectivity index (χ0n) is 9.96. The van der Waals surface area contributed by atoms with Crippen LogP contribution in [0, 0.1) is 18.6 Å². The topological polar surface area (TPSA) is 0 Å². The molecule has 0 bridgehead atoms. The Hall–Kier alpha value is -1.41. The van der Waals surface area contributed by atoms with E-state index in [1.165, 1.54) is 18.2 Å². The van der Waals surface area contributed by atoms with E-state index in [4.69, 9.17) is 11.6 Å². The summed E-state index contributed by atoms with van der Waals surface area (Å²) in [4.78, 5) is 0. The van der Waals surface area contributed by atoms with Crippen molar-refractivity contribution in [3.05, 3.63) is 70.8 Å². The van der Waals surface area contributed by atoms with Gasteiger partial charge in [-0.25, -0.2) is 8.78 Å². The molecule has 0 spiro atoms. The molecular formula is C15H13ClF2. The van der Waals surface area contributed by atoms with Crippen LogP contribution in [0.3, 0.4) is 0 Å². The van der Waals surface area contributed by atoms with Gasteiger partial charge in [0, 0.05) is 0 Å². The van der Waals surface area contributed by atoms with E-state index < -0.39 is 5.38 Å². The summed E-state index contributed by atoms with van der Waals surface area (Å²) in [6.45, 7) is 1.87. The van der Waals surface area contributed by atoms with Crippen molar-refractivity contribution in [3.8, 4) is 0 Å². The third-order valence-corrected chi connectivity index (χ3v) is 3.33. The predicted molar refractivity (Wildman–Crippen MR) is 69.8 cm³/mol. The molecule has 0 aliphatic carbocycles. The molecule has 0 radical (unpaired) electrons. The lowest BCUT2D eigenvalue weighted by molar-refractivity contribution is 0.605. The van der Waals surface area contributed by atoms with E-state index in [-0.39, 0.29) is 11.6 Å². The Labute approximate surface area is 110 Å². The summed E-state index contributed by atoms with van der Waals surface area (Å²) in [6.07, 6.45) is 0.346. The highest BCUT2D eigenvalue weighted by atomic mass is 35.5. The highest BCUT2D eigenvalue weighted by Crippen LogP contribution is 2.29. The molecule has 0 saturated carbocycles. The Bertz CT molecular complexity index is 552. The van der Waals surface area contributed by atoms with E-state index >= 15 is 0 Å². The number of hydrogen-bond donors (Lipinski definition) is 0. The summed E-state index contributed by atoms with van der Waals surface area (Å²) < 4.78 is 26.7. The molecule has 2 aromatic carbocycles. The van der Waals surface area contributed by atoms with Gasteiger partial charge in [0.15, 0.2) is 0 Å². The van der Waals surface area contributed by atoms with Crippen LogP contribution < -0.4 is 0 Å². The lowest BCUT2D eigenvalue weighted by Crippen LogP contribution is -2.01. The van der Waals surface area contributed by atoms with Crippen LogP contribution in [0.4, 0.5) is 8.78 Å². The smallest absolute Gasteiger partial charge is 0.126 e. The second-order valence-corrected chi connectivity index (χ2v) is 4.79. The van der Waals surface area contributed by atoms with Crippen molar-refractivity contribution in [3.63, 3.8) is 0 Å². The second kappa shape index (κ2) is 5.49. The average Bonchev–Trinajstić information content (AvgIpc) is 2.35. The van der Waals surface area contributed by atoms with Gasteiger partial charge in [-0.05, 0) is 48.2 Å². The Morgan fingerprint density at radius 3 is 2.56 bits per heavy atom. The monoisotopic (exact) mass is 266 g/mol. The van der Waals surface area contributed by atoms with Crippen molar-refractivity contribution in [1.29, 1.82) is 0 Å². The van der Waals surface area contributed by atoms with Gasteiger partial charge >= 0.3 is 0 Å². The lowest BCUT2D eigenvalue weighted by Gasteiger charge is -2.13. The maximum atomic E-state index is 13.5. The van der Waals surface area contributed by atoms with E-state index in [9.17, 15) is 8.78 Å². The Kier molecular flexibility index (Phi) is 3.97. The van der Waals surface area contributed by atoms with Crippen molar-refractivity contribution in [1.82, 2.24) is 0 Å². The Morgan fingerprint density at radius 2 is 1.83 bits per heavy atom. The number of alkyl halides is 1. The van der Waals surface area contributed by atoms with Crippen molar-refractivity contribution in [2.45, 2.75) is 18.7 Å². The zero-order valence-corrected chi connectivity index (χ0v) is 10.7. The van der Waals surface area contributed by atoms with Gasteiger partial charge in [-0.1, -0.05) is 24.3 Å². The zero-order chi connectivity index (χ0) is 13.1. The van der Waals surface area contributed by atoms with Crippen LogP contribution in [0.5, 0.6) is 0 Å². The summed E-state index contributed by atoms with van der Waals surface area (Å²) in [5.41, 5.74) is 2.16. The highest BCUT2D eigenvalue weighted by molar-refractivity contribution is 6.21. The van der Waals surface area contributed by atoms with Gasteiger partial charge in [0.25, 0.3) is 0 Å². The molecule has 0 amide bonds. The molecule has 0 fully saturated rings. The first-order valence-electron chi connectivity index (χ1n) is 5.71. The molecule has 0 aliphatic rings. The third kappa shape index (κ3) is 2.88. The quantitative estimate of drug-likeness (QED) is 0.701. The average molecular weight is 267 g/mol. The molecule has 0 saturated heterocycles. The Morgan fingerprint density at radius 1 is 1.11 bits per heavy atom. The highest BCUT2D eigenvalue weighted by Gasteiger charge is 2.14. The number of halogens is 3. The van der Waals surface area contributed by atoms with Crippen LogP contribution >= 0.6 is 11.6 Å². The minimum absolute atomic E-state index is 0.280. The molecule has 2 aromatic rings. The lowest BCUT2D eigenvalue weighted by atomic mass is 9.99. The minimum atomic E-state index is -0.433. The van der Waals surface area contributed by atoms with Gasteiger partial charge in [-0.2, -0.15) is 0 Å². The first-order valence-corrected chi connectivity index (χ1v) is 6.15. The van der Waals surface area contributed by atoms with Crippen LogP contribution in [-0.4, -0.2) is 0 Å². The van der Waals surface area contributed by atoms with Gasteiger partial charge in [0.05, 0.1) is 5.38 Å². The molecule has 18 heavy (non-hydrogen) atoms. The van der Waals surface area contributed by atoms with E-state index in [1.807, 2.05) is 6.92 Å². The van der Waals surface area contributed by atoms with Crippen LogP contribution in [0.15, 0.2) is 42.5 Å². The molecule has 1 unspecified atom stereocenters.